The molecule has 1 aromatic carbocycles. The lowest BCUT2D eigenvalue weighted by molar-refractivity contribution is -0.162. The van der Waals surface area contributed by atoms with E-state index in [0.29, 0.717) is 12.0 Å². The van der Waals surface area contributed by atoms with Crippen LogP contribution in [0.15, 0.2) is 42.5 Å². The second-order valence-electron chi connectivity index (χ2n) is 5.49. The number of hydrogen-bond acceptors (Lipinski definition) is 6. The molecule has 6 heteroatoms. The van der Waals surface area contributed by atoms with Crippen LogP contribution in [0.3, 0.4) is 0 Å². The van der Waals surface area contributed by atoms with Crippen LogP contribution in [-0.2, 0) is 25.6 Å². The second kappa shape index (κ2) is 6.18. The standard InChI is InChI=1S/C16H18O6/c1-9-7-11(21-15(9)18)13-14(12(17)16(19)22-13)20-8-10-5-3-2-4-6-10/h2-6,11-14,16-17,19H,1,7-8H2/t11-,12+,13+,14+,16?/m0/s1. The zero-order valence-electron chi connectivity index (χ0n) is 11.9. The summed E-state index contributed by atoms with van der Waals surface area (Å²) in [5.41, 5.74) is 1.29. The van der Waals surface area contributed by atoms with E-state index in [2.05, 4.69) is 6.58 Å². The van der Waals surface area contributed by atoms with Gasteiger partial charge >= 0.3 is 5.97 Å². The van der Waals surface area contributed by atoms with Crippen molar-refractivity contribution in [1.29, 1.82) is 0 Å². The number of carbonyl (C=O) groups is 1. The topological polar surface area (TPSA) is 85.2 Å². The Labute approximate surface area is 127 Å². The number of esters is 1. The molecule has 2 fully saturated rings. The first-order valence-electron chi connectivity index (χ1n) is 7.12. The van der Waals surface area contributed by atoms with Crippen molar-refractivity contribution < 1.29 is 29.2 Å². The molecule has 0 amide bonds. The Kier molecular flexibility index (Phi) is 4.26. The van der Waals surface area contributed by atoms with Crippen LogP contribution in [-0.4, -0.2) is 46.9 Å². The number of carbonyl (C=O) groups excluding carboxylic acids is 1. The van der Waals surface area contributed by atoms with Crippen molar-refractivity contribution >= 4 is 5.97 Å². The summed E-state index contributed by atoms with van der Waals surface area (Å²) in [5.74, 6) is -0.480. The van der Waals surface area contributed by atoms with E-state index in [0.717, 1.165) is 5.56 Å². The van der Waals surface area contributed by atoms with Gasteiger partial charge in [0.1, 0.15) is 24.4 Å². The minimum atomic E-state index is -1.36. The zero-order valence-corrected chi connectivity index (χ0v) is 11.9. The van der Waals surface area contributed by atoms with Gasteiger partial charge in [-0.25, -0.2) is 4.79 Å². The van der Waals surface area contributed by atoms with Crippen molar-refractivity contribution in [2.45, 2.75) is 43.7 Å². The van der Waals surface area contributed by atoms with Crippen LogP contribution < -0.4 is 0 Å². The Morgan fingerprint density at radius 2 is 2.00 bits per heavy atom. The van der Waals surface area contributed by atoms with Crippen LogP contribution in [0.1, 0.15) is 12.0 Å². The maximum Gasteiger partial charge on any atom is 0.333 e. The predicted molar refractivity (Wildman–Crippen MR) is 75.5 cm³/mol. The molecule has 6 nitrogen and oxygen atoms in total. The number of aliphatic hydroxyl groups excluding tert-OH is 2. The van der Waals surface area contributed by atoms with Crippen LogP contribution in [0.25, 0.3) is 0 Å². The minimum Gasteiger partial charge on any atom is -0.456 e. The van der Waals surface area contributed by atoms with Gasteiger partial charge in [0.25, 0.3) is 0 Å². The Balaban J connectivity index is 1.69. The third-order valence-corrected chi connectivity index (χ3v) is 3.90. The van der Waals surface area contributed by atoms with Crippen molar-refractivity contribution in [3.05, 3.63) is 48.0 Å². The van der Waals surface area contributed by atoms with Crippen molar-refractivity contribution in [1.82, 2.24) is 0 Å². The summed E-state index contributed by atoms with van der Waals surface area (Å²) >= 11 is 0. The summed E-state index contributed by atoms with van der Waals surface area (Å²) in [4.78, 5) is 11.4. The molecule has 1 unspecified atom stereocenters. The lowest BCUT2D eigenvalue weighted by Gasteiger charge is -2.24. The summed E-state index contributed by atoms with van der Waals surface area (Å²) in [6.45, 7) is 3.88. The molecular weight excluding hydrogens is 288 g/mol. The highest BCUT2D eigenvalue weighted by molar-refractivity contribution is 5.90. The maximum absolute atomic E-state index is 11.4. The molecule has 2 saturated heterocycles. The van der Waals surface area contributed by atoms with Gasteiger partial charge in [0, 0.05) is 12.0 Å². The summed E-state index contributed by atoms with van der Waals surface area (Å²) in [7, 11) is 0. The number of rotatable bonds is 4. The molecule has 2 aliphatic heterocycles. The van der Waals surface area contributed by atoms with Crippen LogP contribution in [0.2, 0.25) is 0 Å². The van der Waals surface area contributed by atoms with E-state index in [9.17, 15) is 15.0 Å². The predicted octanol–water partition coefficient (Wildman–Crippen LogP) is 0.522. The molecule has 22 heavy (non-hydrogen) atoms. The smallest absolute Gasteiger partial charge is 0.333 e. The molecule has 3 rings (SSSR count). The monoisotopic (exact) mass is 306 g/mol. The Morgan fingerprint density at radius 3 is 2.64 bits per heavy atom. The normalized spacial score (nSPS) is 34.9. The van der Waals surface area contributed by atoms with E-state index in [1.54, 1.807) is 0 Å². The molecule has 0 saturated carbocycles. The fourth-order valence-electron chi connectivity index (χ4n) is 2.71. The number of hydrogen-bond donors (Lipinski definition) is 2. The Morgan fingerprint density at radius 1 is 1.27 bits per heavy atom. The highest BCUT2D eigenvalue weighted by atomic mass is 16.7. The zero-order chi connectivity index (χ0) is 15.7. The van der Waals surface area contributed by atoms with Crippen LogP contribution in [0, 0.1) is 0 Å². The molecular formula is C16H18O6. The lowest BCUT2D eigenvalue weighted by Crippen LogP contribution is -2.40. The molecule has 0 radical (unpaired) electrons. The molecule has 0 aliphatic carbocycles. The van der Waals surface area contributed by atoms with Gasteiger partial charge < -0.3 is 24.4 Å². The summed E-state index contributed by atoms with van der Waals surface area (Å²) in [6.07, 6.45) is -4.36. The maximum atomic E-state index is 11.4. The van der Waals surface area contributed by atoms with Crippen LogP contribution in [0.4, 0.5) is 0 Å². The Hall–Kier alpha value is -1.73. The largest absolute Gasteiger partial charge is 0.456 e. The first kappa shape index (κ1) is 15.2. The first-order chi connectivity index (χ1) is 10.6. The van der Waals surface area contributed by atoms with Crippen molar-refractivity contribution in [2.24, 2.45) is 0 Å². The quantitative estimate of drug-likeness (QED) is 0.623. The molecule has 1 aromatic rings. The second-order valence-corrected chi connectivity index (χ2v) is 5.49. The number of benzene rings is 1. The Bertz CT molecular complexity index is 541. The highest BCUT2D eigenvalue weighted by Gasteiger charge is 2.50. The van der Waals surface area contributed by atoms with Crippen molar-refractivity contribution in [3.63, 3.8) is 0 Å². The average Bonchev–Trinajstić information content (AvgIpc) is 2.99. The van der Waals surface area contributed by atoms with Crippen molar-refractivity contribution in [2.75, 3.05) is 0 Å². The third kappa shape index (κ3) is 2.91. The third-order valence-electron chi connectivity index (χ3n) is 3.90. The fourth-order valence-corrected chi connectivity index (χ4v) is 2.71. The molecule has 0 aromatic heterocycles. The number of ether oxygens (including phenoxy) is 3. The molecule has 5 atom stereocenters. The molecule has 0 bridgehead atoms. The molecule has 118 valence electrons. The van der Waals surface area contributed by atoms with E-state index >= 15 is 0 Å². The molecule has 2 aliphatic rings. The van der Waals surface area contributed by atoms with Crippen molar-refractivity contribution in [3.8, 4) is 0 Å². The summed E-state index contributed by atoms with van der Waals surface area (Å²) in [6, 6.07) is 9.45. The molecule has 2 heterocycles. The van der Waals surface area contributed by atoms with Gasteiger partial charge in [0.2, 0.25) is 0 Å². The van der Waals surface area contributed by atoms with Gasteiger partial charge in [-0.05, 0) is 5.56 Å². The number of cyclic esters (lactones) is 1. The first-order valence-corrected chi connectivity index (χ1v) is 7.12. The van der Waals surface area contributed by atoms with Gasteiger partial charge in [-0.1, -0.05) is 36.9 Å². The van der Waals surface area contributed by atoms with Crippen LogP contribution in [0.5, 0.6) is 0 Å². The van der Waals surface area contributed by atoms with Gasteiger partial charge in [0.05, 0.1) is 6.61 Å². The van der Waals surface area contributed by atoms with E-state index in [4.69, 9.17) is 14.2 Å². The summed E-state index contributed by atoms with van der Waals surface area (Å²) < 4.78 is 16.2. The van der Waals surface area contributed by atoms with E-state index in [1.165, 1.54) is 0 Å². The van der Waals surface area contributed by atoms with Gasteiger partial charge in [0.15, 0.2) is 6.29 Å². The highest BCUT2D eigenvalue weighted by Crippen LogP contribution is 2.32. The minimum absolute atomic E-state index is 0.261. The van der Waals surface area contributed by atoms with E-state index in [-0.39, 0.29) is 6.61 Å². The molecule has 2 N–H and O–H groups in total. The van der Waals surface area contributed by atoms with E-state index in [1.807, 2.05) is 30.3 Å². The van der Waals surface area contributed by atoms with Gasteiger partial charge in [-0.15, -0.1) is 0 Å². The fraction of sp³-hybridized carbons (Fsp3) is 0.438. The van der Waals surface area contributed by atoms with Crippen LogP contribution >= 0.6 is 0 Å². The van der Waals surface area contributed by atoms with Gasteiger partial charge in [-0.3, -0.25) is 0 Å². The SMILES string of the molecule is C=C1C[C@@H]([C@H]2OC(O)[C@H](O)[C@H]2OCc2ccccc2)OC1=O. The lowest BCUT2D eigenvalue weighted by atomic mass is 10.0. The van der Waals surface area contributed by atoms with Gasteiger partial charge in [-0.2, -0.15) is 0 Å². The number of aliphatic hydroxyl groups is 2. The molecule has 0 spiro atoms. The summed E-state index contributed by atoms with van der Waals surface area (Å²) in [5, 5.41) is 19.7. The average molecular weight is 306 g/mol. The van der Waals surface area contributed by atoms with E-state index < -0.39 is 36.7 Å².